The van der Waals surface area contributed by atoms with E-state index in [4.69, 9.17) is 9.02 Å². The highest BCUT2D eigenvalue weighted by molar-refractivity contribution is 7.86. The number of rotatable bonds is 5. The van der Waals surface area contributed by atoms with E-state index < -0.39 is 15.5 Å². The van der Waals surface area contributed by atoms with Crippen molar-refractivity contribution >= 4 is 16.1 Å². The Labute approximate surface area is 137 Å². The number of carbonyl (C=O) groups is 1. The molecule has 0 atom stereocenters. The summed E-state index contributed by atoms with van der Waals surface area (Å²) in [7, 11) is -3.74. The van der Waals surface area contributed by atoms with Crippen LogP contribution in [0.1, 0.15) is 26.3 Å². The SMILES string of the molecule is Cc1ccc(S(=O)(=O)OCC2CN(OC(=O)C(C)(C)C)C2)cc1. The van der Waals surface area contributed by atoms with Crippen molar-refractivity contribution in [3.63, 3.8) is 0 Å². The third kappa shape index (κ3) is 4.76. The minimum absolute atomic E-state index is 0.0305. The molecular formula is C16H23NO5S. The molecule has 0 unspecified atom stereocenters. The molecule has 1 aliphatic heterocycles. The van der Waals surface area contributed by atoms with Crippen LogP contribution in [0.2, 0.25) is 0 Å². The van der Waals surface area contributed by atoms with E-state index in [2.05, 4.69) is 0 Å². The molecule has 1 saturated heterocycles. The standard InChI is InChI=1S/C16H23NO5S/c1-12-5-7-14(8-6-12)23(19,20)21-11-13-9-17(10-13)22-15(18)16(2,3)4/h5-8,13H,9-11H2,1-4H3. The molecule has 1 aromatic rings. The maximum Gasteiger partial charge on any atom is 0.330 e. The normalized spacial score (nSPS) is 16.9. The first-order valence-corrected chi connectivity index (χ1v) is 8.92. The fourth-order valence-electron chi connectivity index (χ4n) is 1.92. The van der Waals surface area contributed by atoms with Crippen LogP contribution in [0.5, 0.6) is 0 Å². The molecule has 0 radical (unpaired) electrons. The summed E-state index contributed by atoms with van der Waals surface area (Å²) in [5.74, 6) is -0.271. The molecule has 0 spiro atoms. The van der Waals surface area contributed by atoms with E-state index in [1.165, 1.54) is 17.2 Å². The van der Waals surface area contributed by atoms with Crippen LogP contribution < -0.4 is 0 Å². The first-order chi connectivity index (χ1) is 10.6. The zero-order valence-electron chi connectivity index (χ0n) is 13.9. The highest BCUT2D eigenvalue weighted by atomic mass is 32.2. The van der Waals surface area contributed by atoms with Gasteiger partial charge in [-0.25, -0.2) is 4.79 Å². The fourth-order valence-corrected chi connectivity index (χ4v) is 2.89. The first kappa shape index (κ1) is 17.9. The van der Waals surface area contributed by atoms with Gasteiger partial charge in [-0.1, -0.05) is 17.7 Å². The number of carbonyl (C=O) groups excluding carboxylic acids is 1. The molecule has 0 amide bonds. The molecule has 6 nitrogen and oxygen atoms in total. The lowest BCUT2D eigenvalue weighted by atomic mass is 9.97. The van der Waals surface area contributed by atoms with Gasteiger partial charge in [0.1, 0.15) is 0 Å². The lowest BCUT2D eigenvalue weighted by Crippen LogP contribution is -2.50. The van der Waals surface area contributed by atoms with Crippen molar-refractivity contribution in [2.24, 2.45) is 11.3 Å². The lowest BCUT2D eigenvalue weighted by Gasteiger charge is -2.37. The van der Waals surface area contributed by atoms with E-state index in [9.17, 15) is 13.2 Å². The quantitative estimate of drug-likeness (QED) is 0.764. The monoisotopic (exact) mass is 341 g/mol. The zero-order chi connectivity index (χ0) is 17.3. The number of aryl methyl sites for hydroxylation is 1. The summed E-state index contributed by atoms with van der Waals surface area (Å²) in [6.45, 7) is 8.27. The zero-order valence-corrected chi connectivity index (χ0v) is 14.7. The summed E-state index contributed by atoms with van der Waals surface area (Å²) in [5.41, 5.74) is 0.426. The van der Waals surface area contributed by atoms with Gasteiger partial charge in [0.15, 0.2) is 0 Å². The summed E-state index contributed by atoms with van der Waals surface area (Å²) in [6, 6.07) is 6.52. The van der Waals surface area contributed by atoms with E-state index in [0.717, 1.165) is 5.56 Å². The number of benzene rings is 1. The van der Waals surface area contributed by atoms with Crippen molar-refractivity contribution < 1.29 is 22.2 Å². The molecule has 23 heavy (non-hydrogen) atoms. The van der Waals surface area contributed by atoms with Gasteiger partial charge in [0.05, 0.1) is 16.9 Å². The largest absolute Gasteiger partial charge is 0.367 e. The van der Waals surface area contributed by atoms with Gasteiger partial charge in [0.2, 0.25) is 0 Å². The van der Waals surface area contributed by atoms with Crippen molar-refractivity contribution in [3.8, 4) is 0 Å². The van der Waals surface area contributed by atoms with Gasteiger partial charge in [-0.15, -0.1) is 5.06 Å². The highest BCUT2D eigenvalue weighted by Gasteiger charge is 2.34. The number of hydrogen-bond acceptors (Lipinski definition) is 6. The smallest absolute Gasteiger partial charge is 0.330 e. The van der Waals surface area contributed by atoms with Crippen LogP contribution in [0.25, 0.3) is 0 Å². The Kier molecular flexibility index (Phi) is 5.13. The average Bonchev–Trinajstić information content (AvgIpc) is 2.40. The molecule has 0 N–H and O–H groups in total. The second kappa shape index (κ2) is 6.59. The average molecular weight is 341 g/mol. The summed E-state index contributed by atoms with van der Waals surface area (Å²) < 4.78 is 29.2. The van der Waals surface area contributed by atoms with Crippen LogP contribution in [0.4, 0.5) is 0 Å². The Bertz CT molecular complexity index is 655. The summed E-state index contributed by atoms with van der Waals surface area (Å²) in [6.07, 6.45) is 0. The predicted molar refractivity (Wildman–Crippen MR) is 84.9 cm³/mol. The molecule has 128 valence electrons. The van der Waals surface area contributed by atoms with E-state index in [0.29, 0.717) is 13.1 Å². The van der Waals surface area contributed by atoms with Crippen molar-refractivity contribution in [3.05, 3.63) is 29.8 Å². The van der Waals surface area contributed by atoms with E-state index in [1.54, 1.807) is 32.9 Å². The van der Waals surface area contributed by atoms with Crippen molar-refractivity contribution in [1.29, 1.82) is 0 Å². The summed E-state index contributed by atoms with van der Waals surface area (Å²) in [4.78, 5) is 17.1. The Hall–Kier alpha value is -1.44. The minimum atomic E-state index is -3.74. The van der Waals surface area contributed by atoms with Gasteiger partial charge < -0.3 is 4.84 Å². The van der Waals surface area contributed by atoms with E-state index in [-0.39, 0.29) is 23.4 Å². The van der Waals surface area contributed by atoms with Gasteiger partial charge >= 0.3 is 5.97 Å². The van der Waals surface area contributed by atoms with Gasteiger partial charge in [-0.3, -0.25) is 4.18 Å². The van der Waals surface area contributed by atoms with Gasteiger partial charge in [-0.05, 0) is 39.8 Å². The van der Waals surface area contributed by atoms with Gasteiger partial charge in [-0.2, -0.15) is 8.42 Å². The van der Waals surface area contributed by atoms with Crippen LogP contribution in [0.15, 0.2) is 29.2 Å². The molecule has 1 aromatic carbocycles. The molecule has 0 aromatic heterocycles. The maximum absolute atomic E-state index is 12.1. The lowest BCUT2D eigenvalue weighted by molar-refractivity contribution is -0.230. The fraction of sp³-hybridized carbons (Fsp3) is 0.562. The van der Waals surface area contributed by atoms with Gasteiger partial charge in [0, 0.05) is 19.0 Å². The molecule has 0 bridgehead atoms. The van der Waals surface area contributed by atoms with E-state index in [1.807, 2.05) is 6.92 Å². The summed E-state index contributed by atoms with van der Waals surface area (Å²) in [5, 5.41) is 1.53. The van der Waals surface area contributed by atoms with Crippen molar-refractivity contribution in [2.75, 3.05) is 19.7 Å². The van der Waals surface area contributed by atoms with Crippen LogP contribution in [0.3, 0.4) is 0 Å². The van der Waals surface area contributed by atoms with Crippen LogP contribution >= 0.6 is 0 Å². The minimum Gasteiger partial charge on any atom is -0.367 e. The Balaban J connectivity index is 1.78. The van der Waals surface area contributed by atoms with Crippen molar-refractivity contribution in [2.45, 2.75) is 32.6 Å². The van der Waals surface area contributed by atoms with E-state index >= 15 is 0 Å². The van der Waals surface area contributed by atoms with Gasteiger partial charge in [0.25, 0.3) is 10.1 Å². The molecule has 0 saturated carbocycles. The molecule has 0 aliphatic carbocycles. The van der Waals surface area contributed by atoms with Crippen LogP contribution in [-0.4, -0.2) is 39.1 Å². The molecular weight excluding hydrogens is 318 g/mol. The Morgan fingerprint density at radius 3 is 2.30 bits per heavy atom. The highest BCUT2D eigenvalue weighted by Crippen LogP contribution is 2.23. The predicted octanol–water partition coefficient (Wildman–Crippen LogP) is 2.14. The third-order valence-electron chi connectivity index (χ3n) is 3.52. The Morgan fingerprint density at radius 1 is 1.22 bits per heavy atom. The Morgan fingerprint density at radius 2 is 1.78 bits per heavy atom. The molecule has 1 fully saturated rings. The number of hydroxylamine groups is 2. The molecule has 1 aliphatic rings. The molecule has 2 rings (SSSR count). The van der Waals surface area contributed by atoms with Crippen molar-refractivity contribution in [1.82, 2.24) is 5.06 Å². The summed E-state index contributed by atoms with van der Waals surface area (Å²) >= 11 is 0. The molecule has 1 heterocycles. The van der Waals surface area contributed by atoms with Crippen LogP contribution in [0, 0.1) is 18.3 Å². The topological polar surface area (TPSA) is 72.9 Å². The van der Waals surface area contributed by atoms with Crippen LogP contribution in [-0.2, 0) is 23.9 Å². The molecule has 7 heteroatoms. The number of nitrogens with zero attached hydrogens (tertiary/aromatic N) is 1. The third-order valence-corrected chi connectivity index (χ3v) is 4.81. The first-order valence-electron chi connectivity index (χ1n) is 7.51. The maximum atomic E-state index is 12.1. The second-order valence-electron chi connectivity index (χ2n) is 6.89. The number of hydrogen-bond donors (Lipinski definition) is 0. The second-order valence-corrected chi connectivity index (χ2v) is 8.51.